The minimum Gasteiger partial charge on any atom is -0.237 e. The van der Waals surface area contributed by atoms with Gasteiger partial charge in [0.05, 0.1) is 17.6 Å². The molecule has 0 radical (unpaired) electrons. The summed E-state index contributed by atoms with van der Waals surface area (Å²) < 4.78 is 2.16. The number of para-hydroxylation sites is 1. The lowest BCUT2D eigenvalue weighted by atomic mass is 9.76. The first-order valence-electron chi connectivity index (χ1n) is 7.31. The fourth-order valence-electron chi connectivity index (χ4n) is 3.27. The van der Waals surface area contributed by atoms with Gasteiger partial charge in [-0.2, -0.15) is 5.10 Å². The molecule has 1 aliphatic carbocycles. The Morgan fingerprint density at radius 2 is 1.89 bits per heavy atom. The molecule has 1 aromatic carbocycles. The Hall–Kier alpha value is -1.57. The molecule has 2 aromatic rings. The van der Waals surface area contributed by atoms with Crippen LogP contribution >= 0.6 is 0 Å². The van der Waals surface area contributed by atoms with E-state index in [9.17, 15) is 0 Å². The summed E-state index contributed by atoms with van der Waals surface area (Å²) in [6, 6.07) is 10.5. The maximum atomic E-state index is 4.67. The van der Waals surface area contributed by atoms with Gasteiger partial charge in [-0.15, -0.1) is 0 Å². The Balaban J connectivity index is 2.13. The number of hydrogen-bond acceptors (Lipinski definition) is 1. The first-order chi connectivity index (χ1) is 9.18. The van der Waals surface area contributed by atoms with E-state index in [0.29, 0.717) is 17.8 Å². The number of fused-ring (bicyclic) bond motifs is 1. The van der Waals surface area contributed by atoms with E-state index in [1.807, 2.05) is 0 Å². The topological polar surface area (TPSA) is 17.8 Å². The van der Waals surface area contributed by atoms with Gasteiger partial charge in [0.1, 0.15) is 0 Å². The first-order valence-corrected chi connectivity index (χ1v) is 7.31. The Morgan fingerprint density at radius 1 is 1.16 bits per heavy atom. The van der Waals surface area contributed by atoms with Crippen molar-refractivity contribution >= 4 is 0 Å². The molecule has 0 unspecified atom stereocenters. The summed E-state index contributed by atoms with van der Waals surface area (Å²) in [5, 5.41) is 4.67. The van der Waals surface area contributed by atoms with Gasteiger partial charge in [-0.05, 0) is 42.4 Å². The molecule has 1 aromatic heterocycles. The number of aromatic nitrogens is 2. The van der Waals surface area contributed by atoms with Crippen molar-refractivity contribution in [3.63, 3.8) is 0 Å². The van der Waals surface area contributed by atoms with Crippen LogP contribution in [0, 0.1) is 5.92 Å². The van der Waals surface area contributed by atoms with Gasteiger partial charge in [0.2, 0.25) is 0 Å². The predicted octanol–water partition coefficient (Wildman–Crippen LogP) is 4.51. The lowest BCUT2D eigenvalue weighted by Gasteiger charge is -2.30. The minimum absolute atomic E-state index is 0.633. The van der Waals surface area contributed by atoms with Gasteiger partial charge < -0.3 is 0 Å². The number of rotatable bonds is 2. The third-order valence-corrected chi connectivity index (χ3v) is 4.43. The van der Waals surface area contributed by atoms with Crippen molar-refractivity contribution in [3.05, 3.63) is 47.8 Å². The number of benzene rings is 1. The zero-order valence-electron chi connectivity index (χ0n) is 12.0. The second-order valence-electron chi connectivity index (χ2n) is 6.06. The molecule has 0 saturated carbocycles. The van der Waals surface area contributed by atoms with Gasteiger partial charge in [0.25, 0.3) is 0 Å². The molecule has 0 amide bonds. The molecule has 0 spiro atoms. The Kier molecular flexibility index (Phi) is 3.17. The fourth-order valence-corrected chi connectivity index (χ4v) is 3.27. The van der Waals surface area contributed by atoms with E-state index in [-0.39, 0.29) is 0 Å². The summed E-state index contributed by atoms with van der Waals surface area (Å²) in [6.07, 6.45) is 4.65. The SMILES string of the molecule is CC(C)[C@@H]1CC[C@H](C)c2cnn(-c3ccccc3)c21. The second-order valence-corrected chi connectivity index (χ2v) is 6.06. The molecule has 2 nitrogen and oxygen atoms in total. The molecule has 0 fully saturated rings. The van der Waals surface area contributed by atoms with Crippen LogP contribution in [0.3, 0.4) is 0 Å². The molecule has 1 heterocycles. The summed E-state index contributed by atoms with van der Waals surface area (Å²) >= 11 is 0. The third-order valence-electron chi connectivity index (χ3n) is 4.43. The van der Waals surface area contributed by atoms with Crippen molar-refractivity contribution in [1.82, 2.24) is 9.78 Å². The smallest absolute Gasteiger partial charge is 0.0649 e. The molecule has 0 aliphatic heterocycles. The maximum Gasteiger partial charge on any atom is 0.0649 e. The average Bonchev–Trinajstić information content (AvgIpc) is 2.85. The lowest BCUT2D eigenvalue weighted by Crippen LogP contribution is -2.19. The molecule has 0 N–H and O–H groups in total. The molecular weight excluding hydrogens is 232 g/mol. The van der Waals surface area contributed by atoms with E-state index in [1.54, 1.807) is 0 Å². The van der Waals surface area contributed by atoms with Crippen LogP contribution in [0.5, 0.6) is 0 Å². The highest BCUT2D eigenvalue weighted by Gasteiger charge is 2.31. The molecule has 2 heteroatoms. The highest BCUT2D eigenvalue weighted by Crippen LogP contribution is 2.42. The van der Waals surface area contributed by atoms with Crippen LogP contribution in [-0.4, -0.2) is 9.78 Å². The molecule has 1 aliphatic rings. The van der Waals surface area contributed by atoms with Gasteiger partial charge in [-0.25, -0.2) is 4.68 Å². The monoisotopic (exact) mass is 254 g/mol. The van der Waals surface area contributed by atoms with E-state index in [2.05, 4.69) is 67.1 Å². The van der Waals surface area contributed by atoms with E-state index in [1.165, 1.54) is 29.8 Å². The minimum atomic E-state index is 0.633. The molecular formula is C17H22N2. The molecule has 100 valence electrons. The zero-order chi connectivity index (χ0) is 13.4. The number of hydrogen-bond donors (Lipinski definition) is 0. The lowest BCUT2D eigenvalue weighted by molar-refractivity contribution is 0.396. The van der Waals surface area contributed by atoms with Crippen LogP contribution in [-0.2, 0) is 0 Å². The maximum absolute atomic E-state index is 4.67. The van der Waals surface area contributed by atoms with Gasteiger partial charge >= 0.3 is 0 Å². The highest BCUT2D eigenvalue weighted by atomic mass is 15.3. The second kappa shape index (κ2) is 4.84. The van der Waals surface area contributed by atoms with Gasteiger partial charge in [-0.1, -0.05) is 39.0 Å². The standard InChI is InChI=1S/C17H22N2/c1-12(2)15-10-9-13(3)16-11-18-19(17(15)16)14-7-5-4-6-8-14/h4-8,11-13,15H,9-10H2,1-3H3/t13-,15-/m0/s1. The first kappa shape index (κ1) is 12.5. The molecule has 2 atom stereocenters. The molecule has 3 rings (SSSR count). The van der Waals surface area contributed by atoms with Crippen LogP contribution in [0.2, 0.25) is 0 Å². The van der Waals surface area contributed by atoms with Crippen molar-refractivity contribution in [2.45, 2.75) is 45.4 Å². The van der Waals surface area contributed by atoms with Crippen molar-refractivity contribution in [2.24, 2.45) is 5.92 Å². The normalized spacial score (nSPS) is 22.5. The van der Waals surface area contributed by atoms with E-state index in [4.69, 9.17) is 0 Å². The van der Waals surface area contributed by atoms with Crippen LogP contribution in [0.15, 0.2) is 36.5 Å². The summed E-state index contributed by atoms with van der Waals surface area (Å²) in [6.45, 7) is 6.98. The van der Waals surface area contributed by atoms with Crippen LogP contribution in [0.1, 0.15) is 56.7 Å². The van der Waals surface area contributed by atoms with Crippen LogP contribution in [0.4, 0.5) is 0 Å². The van der Waals surface area contributed by atoms with Gasteiger partial charge in [0.15, 0.2) is 0 Å². The van der Waals surface area contributed by atoms with Crippen molar-refractivity contribution < 1.29 is 0 Å². The zero-order valence-corrected chi connectivity index (χ0v) is 12.0. The highest BCUT2D eigenvalue weighted by molar-refractivity contribution is 5.39. The van der Waals surface area contributed by atoms with E-state index >= 15 is 0 Å². The third kappa shape index (κ3) is 2.09. The number of nitrogens with zero attached hydrogens (tertiary/aromatic N) is 2. The largest absolute Gasteiger partial charge is 0.237 e. The average molecular weight is 254 g/mol. The Bertz CT molecular complexity index is 554. The van der Waals surface area contributed by atoms with Crippen LogP contribution < -0.4 is 0 Å². The Labute approximate surface area is 115 Å². The van der Waals surface area contributed by atoms with Crippen LogP contribution in [0.25, 0.3) is 5.69 Å². The fraction of sp³-hybridized carbons (Fsp3) is 0.471. The summed E-state index contributed by atoms with van der Waals surface area (Å²) in [5.41, 5.74) is 4.08. The predicted molar refractivity (Wildman–Crippen MR) is 78.8 cm³/mol. The summed E-state index contributed by atoms with van der Waals surface area (Å²) in [4.78, 5) is 0. The summed E-state index contributed by atoms with van der Waals surface area (Å²) in [5.74, 6) is 1.95. The Morgan fingerprint density at radius 3 is 2.58 bits per heavy atom. The van der Waals surface area contributed by atoms with Gasteiger partial charge in [-0.3, -0.25) is 0 Å². The van der Waals surface area contributed by atoms with E-state index < -0.39 is 0 Å². The molecule has 0 bridgehead atoms. The molecule has 0 saturated heterocycles. The summed E-state index contributed by atoms with van der Waals surface area (Å²) in [7, 11) is 0. The van der Waals surface area contributed by atoms with Crippen molar-refractivity contribution in [3.8, 4) is 5.69 Å². The molecule has 19 heavy (non-hydrogen) atoms. The van der Waals surface area contributed by atoms with Crippen molar-refractivity contribution in [2.75, 3.05) is 0 Å². The quantitative estimate of drug-likeness (QED) is 0.771. The van der Waals surface area contributed by atoms with E-state index in [0.717, 1.165) is 0 Å². The van der Waals surface area contributed by atoms with Gasteiger partial charge in [0, 0.05) is 5.92 Å². The van der Waals surface area contributed by atoms with Crippen molar-refractivity contribution in [1.29, 1.82) is 0 Å².